The summed E-state index contributed by atoms with van der Waals surface area (Å²) in [6.07, 6.45) is 2.14. The lowest BCUT2D eigenvalue weighted by Gasteiger charge is -2.13. The molecule has 0 aliphatic heterocycles. The third-order valence-electron chi connectivity index (χ3n) is 3.70. The van der Waals surface area contributed by atoms with Gasteiger partial charge in [-0.2, -0.15) is 5.10 Å². The van der Waals surface area contributed by atoms with Crippen molar-refractivity contribution in [1.82, 2.24) is 14.8 Å². The second-order valence-electron chi connectivity index (χ2n) is 5.48. The zero-order valence-electron chi connectivity index (χ0n) is 13.9. The standard InChI is InChI=1S/C18H11BrClN5O2/c1-10-6-12(21-2)7-11(9-26)16(10)23-18(27)14-8-15(19)24-25(14)17-13(20)4-3-5-22-17/h3-9H,1H3,(H,23,27). The molecule has 0 aliphatic rings. The van der Waals surface area contributed by atoms with Crippen LogP contribution < -0.4 is 5.32 Å². The molecule has 1 N–H and O–H groups in total. The summed E-state index contributed by atoms with van der Waals surface area (Å²) in [6, 6.07) is 7.84. The Hall–Kier alpha value is -3.02. The molecule has 0 spiro atoms. The molecule has 3 aromatic rings. The topological polar surface area (TPSA) is 81.2 Å². The summed E-state index contributed by atoms with van der Waals surface area (Å²) in [6.45, 7) is 8.80. The summed E-state index contributed by atoms with van der Waals surface area (Å²) in [7, 11) is 0. The number of aldehydes is 1. The fraction of sp³-hybridized carbons (Fsp3) is 0.0556. The number of benzene rings is 1. The van der Waals surface area contributed by atoms with Crippen molar-refractivity contribution in [3.63, 3.8) is 0 Å². The van der Waals surface area contributed by atoms with Crippen molar-refractivity contribution in [1.29, 1.82) is 0 Å². The maximum absolute atomic E-state index is 12.9. The van der Waals surface area contributed by atoms with Crippen molar-refractivity contribution in [3.05, 3.63) is 74.4 Å². The van der Waals surface area contributed by atoms with Crippen LogP contribution in [0, 0.1) is 13.5 Å². The lowest BCUT2D eigenvalue weighted by molar-refractivity contribution is 0.101. The van der Waals surface area contributed by atoms with Crippen LogP contribution in [0.2, 0.25) is 5.02 Å². The van der Waals surface area contributed by atoms with Crippen molar-refractivity contribution in [2.24, 2.45) is 0 Å². The second-order valence-corrected chi connectivity index (χ2v) is 6.70. The lowest BCUT2D eigenvalue weighted by atomic mass is 10.1. The largest absolute Gasteiger partial charge is 0.320 e. The average molecular weight is 445 g/mol. The molecule has 0 atom stereocenters. The highest BCUT2D eigenvalue weighted by atomic mass is 79.9. The highest BCUT2D eigenvalue weighted by Gasteiger charge is 2.20. The Labute approximate surface area is 167 Å². The van der Waals surface area contributed by atoms with Gasteiger partial charge in [0.1, 0.15) is 10.3 Å². The number of carbonyl (C=O) groups is 2. The van der Waals surface area contributed by atoms with E-state index in [1.165, 1.54) is 23.0 Å². The van der Waals surface area contributed by atoms with E-state index < -0.39 is 5.91 Å². The molecule has 0 fully saturated rings. The Morgan fingerprint density at radius 2 is 2.19 bits per heavy atom. The SMILES string of the molecule is [C-]#[N+]c1cc(C)c(NC(=O)c2cc(Br)nn2-c2ncccc2Cl)c(C=O)c1. The number of amides is 1. The minimum atomic E-state index is -0.503. The fourth-order valence-electron chi connectivity index (χ4n) is 2.51. The van der Waals surface area contributed by atoms with Crippen LogP contribution in [0.5, 0.6) is 0 Å². The van der Waals surface area contributed by atoms with E-state index in [9.17, 15) is 9.59 Å². The molecular formula is C18H11BrClN5O2. The van der Waals surface area contributed by atoms with Gasteiger partial charge in [-0.25, -0.2) is 14.5 Å². The number of pyridine rings is 1. The van der Waals surface area contributed by atoms with Gasteiger partial charge in [0.15, 0.2) is 17.8 Å². The summed E-state index contributed by atoms with van der Waals surface area (Å²) in [4.78, 5) is 31.7. The molecule has 134 valence electrons. The fourth-order valence-corrected chi connectivity index (χ4v) is 3.09. The predicted octanol–water partition coefficient (Wildman–Crippen LogP) is 4.61. The van der Waals surface area contributed by atoms with Crippen LogP contribution in [0.15, 0.2) is 41.1 Å². The van der Waals surface area contributed by atoms with Gasteiger partial charge in [0, 0.05) is 17.8 Å². The van der Waals surface area contributed by atoms with Crippen LogP contribution in [0.25, 0.3) is 10.7 Å². The van der Waals surface area contributed by atoms with Crippen molar-refractivity contribution >= 4 is 51.1 Å². The van der Waals surface area contributed by atoms with Gasteiger partial charge in [-0.1, -0.05) is 17.7 Å². The maximum Gasteiger partial charge on any atom is 0.274 e. The van der Waals surface area contributed by atoms with E-state index in [-0.39, 0.29) is 11.3 Å². The molecule has 3 rings (SSSR count). The van der Waals surface area contributed by atoms with E-state index in [2.05, 4.69) is 36.2 Å². The zero-order valence-corrected chi connectivity index (χ0v) is 16.2. The first-order valence-corrected chi connectivity index (χ1v) is 8.76. The van der Waals surface area contributed by atoms with E-state index in [1.807, 2.05) is 0 Å². The van der Waals surface area contributed by atoms with Gasteiger partial charge in [-0.15, -0.1) is 0 Å². The summed E-state index contributed by atoms with van der Waals surface area (Å²) in [5, 5.41) is 7.25. The average Bonchev–Trinajstić information content (AvgIpc) is 3.05. The summed E-state index contributed by atoms with van der Waals surface area (Å²) < 4.78 is 1.73. The number of aryl methyl sites for hydroxylation is 1. The molecule has 0 radical (unpaired) electrons. The third kappa shape index (κ3) is 3.74. The number of hydrogen-bond acceptors (Lipinski definition) is 4. The lowest BCUT2D eigenvalue weighted by Crippen LogP contribution is -2.19. The molecule has 9 heteroatoms. The molecule has 1 aromatic carbocycles. The van der Waals surface area contributed by atoms with Gasteiger partial charge >= 0.3 is 0 Å². The summed E-state index contributed by atoms with van der Waals surface area (Å²) >= 11 is 9.41. The van der Waals surface area contributed by atoms with Gasteiger partial charge in [0.2, 0.25) is 0 Å². The van der Waals surface area contributed by atoms with Gasteiger partial charge < -0.3 is 5.32 Å². The number of hydrogen-bond donors (Lipinski definition) is 1. The zero-order chi connectivity index (χ0) is 19.6. The smallest absolute Gasteiger partial charge is 0.274 e. The number of rotatable bonds is 4. The minimum absolute atomic E-state index is 0.174. The number of halogens is 2. The highest BCUT2D eigenvalue weighted by Crippen LogP contribution is 2.27. The number of aromatic nitrogens is 3. The Bertz CT molecular complexity index is 1100. The van der Waals surface area contributed by atoms with Crippen LogP contribution in [0.1, 0.15) is 26.4 Å². The number of nitrogens with one attached hydrogen (secondary N) is 1. The molecule has 0 aliphatic carbocycles. The van der Waals surface area contributed by atoms with E-state index in [1.54, 1.807) is 25.1 Å². The monoisotopic (exact) mass is 443 g/mol. The van der Waals surface area contributed by atoms with E-state index >= 15 is 0 Å². The van der Waals surface area contributed by atoms with Crippen LogP contribution in [-0.4, -0.2) is 27.0 Å². The van der Waals surface area contributed by atoms with Gasteiger partial charge in [-0.05, 0) is 46.6 Å². The molecule has 0 bridgehead atoms. The first-order valence-electron chi connectivity index (χ1n) is 7.59. The molecule has 2 heterocycles. The Morgan fingerprint density at radius 1 is 1.41 bits per heavy atom. The summed E-state index contributed by atoms with van der Waals surface area (Å²) in [5.41, 5.74) is 1.64. The maximum atomic E-state index is 12.9. The second kappa shape index (κ2) is 7.70. The first kappa shape index (κ1) is 18.8. The quantitative estimate of drug-likeness (QED) is 0.471. The van der Waals surface area contributed by atoms with Gasteiger partial charge in [0.25, 0.3) is 5.91 Å². The molecule has 1 amide bonds. The number of anilines is 1. The Morgan fingerprint density at radius 3 is 2.85 bits per heavy atom. The van der Waals surface area contributed by atoms with Crippen LogP contribution in [-0.2, 0) is 0 Å². The molecule has 7 nitrogen and oxygen atoms in total. The molecule has 0 saturated carbocycles. The number of nitrogens with zero attached hydrogens (tertiary/aromatic N) is 4. The molecule has 0 unspecified atom stereocenters. The van der Waals surface area contributed by atoms with Crippen molar-refractivity contribution in [2.75, 3.05) is 5.32 Å². The predicted molar refractivity (Wildman–Crippen MR) is 105 cm³/mol. The molecule has 27 heavy (non-hydrogen) atoms. The molecular weight excluding hydrogens is 434 g/mol. The molecule has 0 saturated heterocycles. The first-order chi connectivity index (χ1) is 12.9. The highest BCUT2D eigenvalue weighted by molar-refractivity contribution is 9.10. The van der Waals surface area contributed by atoms with E-state index in [0.29, 0.717) is 38.7 Å². The third-order valence-corrected chi connectivity index (χ3v) is 4.38. The van der Waals surface area contributed by atoms with Gasteiger partial charge in [0.05, 0.1) is 17.3 Å². The Kier molecular flexibility index (Phi) is 5.35. The van der Waals surface area contributed by atoms with E-state index in [0.717, 1.165) is 0 Å². The van der Waals surface area contributed by atoms with Crippen LogP contribution in [0.3, 0.4) is 0 Å². The molecule has 2 aromatic heterocycles. The van der Waals surface area contributed by atoms with Crippen molar-refractivity contribution in [2.45, 2.75) is 6.92 Å². The summed E-state index contributed by atoms with van der Waals surface area (Å²) in [5.74, 6) is -0.206. The Balaban J connectivity index is 2.04. The van der Waals surface area contributed by atoms with Gasteiger partial charge in [-0.3, -0.25) is 9.59 Å². The van der Waals surface area contributed by atoms with Crippen molar-refractivity contribution < 1.29 is 9.59 Å². The normalized spacial score (nSPS) is 10.3. The number of carbonyl (C=O) groups excluding carboxylic acids is 2. The van der Waals surface area contributed by atoms with Crippen LogP contribution in [0.4, 0.5) is 11.4 Å². The van der Waals surface area contributed by atoms with E-state index in [4.69, 9.17) is 18.2 Å². The van der Waals surface area contributed by atoms with Crippen molar-refractivity contribution in [3.8, 4) is 5.82 Å². The minimum Gasteiger partial charge on any atom is -0.320 e. The van der Waals surface area contributed by atoms with Crippen LogP contribution >= 0.6 is 27.5 Å².